The fourth-order valence-electron chi connectivity index (χ4n) is 2.60. The third kappa shape index (κ3) is 3.60. The summed E-state index contributed by atoms with van der Waals surface area (Å²) in [5, 5.41) is 16.9. The molecule has 0 spiro atoms. The first-order chi connectivity index (χ1) is 9.88. The van der Waals surface area contributed by atoms with Crippen LogP contribution in [-0.2, 0) is 16.0 Å². The summed E-state index contributed by atoms with van der Waals surface area (Å²) in [6, 6.07) is 0. The molecule has 2 rings (SSSR count). The summed E-state index contributed by atoms with van der Waals surface area (Å²) in [4.78, 5) is 27.0. The highest BCUT2D eigenvalue weighted by Crippen LogP contribution is 2.13. The SMILES string of the molecule is CC(=O)N1CCN(C(=O)Cc2c(C)n[nH]c2C)C[C@H](O)C1. The Morgan fingerprint density at radius 2 is 1.90 bits per heavy atom. The molecular formula is C14H22N4O3. The fraction of sp³-hybridized carbons (Fsp3) is 0.643. The number of carbonyl (C=O) groups is 2. The summed E-state index contributed by atoms with van der Waals surface area (Å²) in [7, 11) is 0. The second kappa shape index (κ2) is 6.26. The minimum absolute atomic E-state index is 0.0490. The van der Waals surface area contributed by atoms with Crippen molar-refractivity contribution >= 4 is 11.8 Å². The van der Waals surface area contributed by atoms with Crippen LogP contribution in [0.3, 0.4) is 0 Å². The first-order valence-electron chi connectivity index (χ1n) is 7.10. The molecule has 1 aromatic rings. The first-order valence-corrected chi connectivity index (χ1v) is 7.10. The van der Waals surface area contributed by atoms with Crippen LogP contribution in [0.2, 0.25) is 0 Å². The molecule has 0 radical (unpaired) electrons. The summed E-state index contributed by atoms with van der Waals surface area (Å²) >= 11 is 0. The predicted molar refractivity (Wildman–Crippen MR) is 76.6 cm³/mol. The molecule has 2 heterocycles. The Morgan fingerprint density at radius 1 is 1.29 bits per heavy atom. The van der Waals surface area contributed by atoms with Gasteiger partial charge in [-0.25, -0.2) is 0 Å². The van der Waals surface area contributed by atoms with E-state index in [-0.39, 0.29) is 31.3 Å². The highest BCUT2D eigenvalue weighted by molar-refractivity contribution is 5.79. The number of aromatic amines is 1. The number of nitrogens with zero attached hydrogens (tertiary/aromatic N) is 3. The predicted octanol–water partition coefficient (Wildman–Crippen LogP) is -0.379. The van der Waals surface area contributed by atoms with Gasteiger partial charge >= 0.3 is 0 Å². The molecule has 7 heteroatoms. The average Bonchev–Trinajstić information content (AvgIpc) is 2.64. The zero-order chi connectivity index (χ0) is 15.6. The molecule has 0 aliphatic carbocycles. The van der Waals surface area contributed by atoms with Crippen molar-refractivity contribution < 1.29 is 14.7 Å². The third-order valence-electron chi connectivity index (χ3n) is 3.91. The Labute approximate surface area is 123 Å². The topological polar surface area (TPSA) is 89.5 Å². The molecule has 1 saturated heterocycles. The number of rotatable bonds is 2. The van der Waals surface area contributed by atoms with Gasteiger partial charge in [0.05, 0.1) is 18.2 Å². The summed E-state index contributed by atoms with van der Waals surface area (Å²) in [5.41, 5.74) is 2.62. The molecular weight excluding hydrogens is 272 g/mol. The zero-order valence-electron chi connectivity index (χ0n) is 12.7. The number of nitrogens with one attached hydrogen (secondary N) is 1. The molecule has 1 aromatic heterocycles. The minimum Gasteiger partial charge on any atom is -0.389 e. The standard InChI is InChI=1S/C14H22N4O3/c1-9-13(10(2)16-15-9)6-14(21)18-5-4-17(11(3)19)7-12(20)8-18/h12,20H,4-8H2,1-3H3,(H,15,16)/t12-/m1/s1. The number of aliphatic hydroxyl groups excluding tert-OH is 1. The quantitative estimate of drug-likeness (QED) is 0.778. The smallest absolute Gasteiger partial charge is 0.227 e. The van der Waals surface area contributed by atoms with Crippen molar-refractivity contribution in [2.75, 3.05) is 26.2 Å². The van der Waals surface area contributed by atoms with E-state index in [9.17, 15) is 14.7 Å². The van der Waals surface area contributed by atoms with Gasteiger partial charge in [-0.2, -0.15) is 5.10 Å². The van der Waals surface area contributed by atoms with Crippen LogP contribution < -0.4 is 0 Å². The van der Waals surface area contributed by atoms with Crippen molar-refractivity contribution in [1.29, 1.82) is 0 Å². The number of aliphatic hydroxyl groups is 1. The highest BCUT2D eigenvalue weighted by atomic mass is 16.3. The maximum absolute atomic E-state index is 12.4. The number of aromatic nitrogens is 2. The minimum atomic E-state index is -0.702. The number of β-amino-alcohol motifs (C(OH)–C–C–N with tert-alkyl or cyclic N) is 1. The lowest BCUT2D eigenvalue weighted by molar-refractivity contribution is -0.132. The third-order valence-corrected chi connectivity index (χ3v) is 3.91. The Morgan fingerprint density at radius 3 is 2.48 bits per heavy atom. The number of carbonyl (C=O) groups excluding carboxylic acids is 2. The molecule has 21 heavy (non-hydrogen) atoms. The number of amides is 2. The van der Waals surface area contributed by atoms with Crippen molar-refractivity contribution in [2.24, 2.45) is 0 Å². The van der Waals surface area contributed by atoms with Crippen LogP contribution in [0.15, 0.2) is 0 Å². The molecule has 0 bridgehead atoms. The molecule has 2 amide bonds. The van der Waals surface area contributed by atoms with E-state index < -0.39 is 6.10 Å². The Balaban J connectivity index is 2.04. The summed E-state index contributed by atoms with van der Waals surface area (Å²) < 4.78 is 0. The number of hydrogen-bond donors (Lipinski definition) is 2. The van der Waals surface area contributed by atoms with E-state index in [0.29, 0.717) is 13.1 Å². The molecule has 0 unspecified atom stereocenters. The normalized spacial score (nSPS) is 19.5. The van der Waals surface area contributed by atoms with Crippen molar-refractivity contribution in [3.8, 4) is 0 Å². The Bertz CT molecular complexity index is 521. The molecule has 0 aromatic carbocycles. The van der Waals surface area contributed by atoms with E-state index in [1.807, 2.05) is 13.8 Å². The zero-order valence-corrected chi connectivity index (χ0v) is 12.7. The lowest BCUT2D eigenvalue weighted by Gasteiger charge is -2.21. The summed E-state index contributed by atoms with van der Waals surface area (Å²) in [6.07, 6.45) is -0.437. The van der Waals surface area contributed by atoms with Crippen molar-refractivity contribution in [3.63, 3.8) is 0 Å². The molecule has 0 saturated carbocycles. The van der Waals surface area contributed by atoms with E-state index in [4.69, 9.17) is 0 Å². The van der Waals surface area contributed by atoms with Crippen LogP contribution in [0.25, 0.3) is 0 Å². The van der Waals surface area contributed by atoms with Crippen LogP contribution in [-0.4, -0.2) is 69.2 Å². The van der Waals surface area contributed by atoms with Crippen LogP contribution in [0, 0.1) is 13.8 Å². The van der Waals surface area contributed by atoms with Crippen molar-refractivity contribution in [1.82, 2.24) is 20.0 Å². The van der Waals surface area contributed by atoms with E-state index in [1.54, 1.807) is 9.80 Å². The van der Waals surface area contributed by atoms with E-state index in [2.05, 4.69) is 10.2 Å². The molecule has 116 valence electrons. The molecule has 1 atom stereocenters. The molecule has 7 nitrogen and oxygen atoms in total. The maximum atomic E-state index is 12.4. The molecule has 1 fully saturated rings. The van der Waals surface area contributed by atoms with Crippen LogP contribution in [0.1, 0.15) is 23.9 Å². The van der Waals surface area contributed by atoms with Crippen molar-refractivity contribution in [2.45, 2.75) is 33.3 Å². The largest absolute Gasteiger partial charge is 0.389 e. The van der Waals surface area contributed by atoms with Gasteiger partial charge in [0.25, 0.3) is 0 Å². The lowest BCUT2D eigenvalue weighted by atomic mass is 10.1. The summed E-state index contributed by atoms with van der Waals surface area (Å²) in [5.74, 6) is -0.128. The monoisotopic (exact) mass is 294 g/mol. The van der Waals surface area contributed by atoms with Gasteiger partial charge in [-0.05, 0) is 13.8 Å². The average molecular weight is 294 g/mol. The van der Waals surface area contributed by atoms with Gasteiger partial charge < -0.3 is 14.9 Å². The van der Waals surface area contributed by atoms with Gasteiger partial charge in [-0.3, -0.25) is 14.7 Å². The van der Waals surface area contributed by atoms with E-state index >= 15 is 0 Å². The maximum Gasteiger partial charge on any atom is 0.227 e. The highest BCUT2D eigenvalue weighted by Gasteiger charge is 2.26. The Hall–Kier alpha value is -1.89. The second-order valence-corrected chi connectivity index (χ2v) is 5.55. The fourth-order valence-corrected chi connectivity index (χ4v) is 2.60. The van der Waals surface area contributed by atoms with E-state index in [0.717, 1.165) is 17.0 Å². The molecule has 2 N–H and O–H groups in total. The van der Waals surface area contributed by atoms with E-state index in [1.165, 1.54) is 6.92 Å². The van der Waals surface area contributed by atoms with Crippen molar-refractivity contribution in [3.05, 3.63) is 17.0 Å². The van der Waals surface area contributed by atoms with Crippen LogP contribution in [0.5, 0.6) is 0 Å². The number of H-pyrrole nitrogens is 1. The summed E-state index contributed by atoms with van der Waals surface area (Å²) in [6.45, 7) is 6.68. The number of aryl methyl sites for hydroxylation is 2. The van der Waals surface area contributed by atoms with Gasteiger partial charge in [-0.1, -0.05) is 0 Å². The van der Waals surface area contributed by atoms with Gasteiger partial charge in [0, 0.05) is 44.4 Å². The molecule has 1 aliphatic rings. The van der Waals surface area contributed by atoms with Crippen LogP contribution in [0.4, 0.5) is 0 Å². The first kappa shape index (κ1) is 15.5. The lowest BCUT2D eigenvalue weighted by Crippen LogP contribution is -2.38. The van der Waals surface area contributed by atoms with Gasteiger partial charge in [-0.15, -0.1) is 0 Å². The number of hydrogen-bond acceptors (Lipinski definition) is 4. The second-order valence-electron chi connectivity index (χ2n) is 5.55. The van der Waals surface area contributed by atoms with Crippen LogP contribution >= 0.6 is 0 Å². The van der Waals surface area contributed by atoms with Gasteiger partial charge in [0.1, 0.15) is 0 Å². The Kier molecular flexibility index (Phi) is 4.62. The van der Waals surface area contributed by atoms with Gasteiger partial charge in [0.2, 0.25) is 11.8 Å². The molecule has 1 aliphatic heterocycles. The van der Waals surface area contributed by atoms with Gasteiger partial charge in [0.15, 0.2) is 0 Å².